The van der Waals surface area contributed by atoms with Crippen LogP contribution in [0.3, 0.4) is 0 Å². The van der Waals surface area contributed by atoms with Crippen molar-refractivity contribution in [2.24, 2.45) is 10.4 Å². The fourth-order valence-corrected chi connectivity index (χ4v) is 2.21. The molecule has 1 heterocycles. The SMILES string of the molecule is CN=C(NCC1(C)COC1)N(C)Cc1cccc(F)c1.I. The maximum Gasteiger partial charge on any atom is 0.193 e. The highest BCUT2D eigenvalue weighted by Gasteiger charge is 2.33. The Morgan fingerprint density at radius 3 is 2.71 bits per heavy atom. The molecule has 1 saturated heterocycles. The summed E-state index contributed by atoms with van der Waals surface area (Å²) in [5.74, 6) is 0.598. The van der Waals surface area contributed by atoms with Crippen molar-refractivity contribution < 1.29 is 9.13 Å². The third-order valence-electron chi connectivity index (χ3n) is 3.46. The van der Waals surface area contributed by atoms with Crippen LogP contribution in [0.25, 0.3) is 0 Å². The molecule has 0 spiro atoms. The predicted molar refractivity (Wildman–Crippen MR) is 93.6 cm³/mol. The molecule has 6 heteroatoms. The number of rotatable bonds is 4. The molecule has 0 aliphatic carbocycles. The molecule has 1 aliphatic rings. The van der Waals surface area contributed by atoms with E-state index in [4.69, 9.17) is 4.74 Å². The number of aliphatic imine (C=N–C) groups is 1. The van der Waals surface area contributed by atoms with Gasteiger partial charge >= 0.3 is 0 Å². The lowest BCUT2D eigenvalue weighted by molar-refractivity contribution is -0.0972. The molecule has 0 amide bonds. The van der Waals surface area contributed by atoms with Crippen LogP contribution < -0.4 is 5.32 Å². The van der Waals surface area contributed by atoms with Gasteiger partial charge in [-0.2, -0.15) is 0 Å². The summed E-state index contributed by atoms with van der Waals surface area (Å²) in [6.07, 6.45) is 0. The van der Waals surface area contributed by atoms with Crippen molar-refractivity contribution in [3.05, 3.63) is 35.6 Å². The van der Waals surface area contributed by atoms with Gasteiger partial charge in [0.2, 0.25) is 0 Å². The van der Waals surface area contributed by atoms with E-state index in [1.807, 2.05) is 18.0 Å². The highest BCUT2D eigenvalue weighted by atomic mass is 127. The lowest BCUT2D eigenvalue weighted by Crippen LogP contribution is -2.51. The van der Waals surface area contributed by atoms with Crippen LogP contribution >= 0.6 is 24.0 Å². The van der Waals surface area contributed by atoms with Crippen molar-refractivity contribution in [1.82, 2.24) is 10.2 Å². The summed E-state index contributed by atoms with van der Waals surface area (Å²) in [5.41, 5.74) is 1.11. The molecule has 0 aromatic heterocycles. The summed E-state index contributed by atoms with van der Waals surface area (Å²) in [5, 5.41) is 3.35. The van der Waals surface area contributed by atoms with Gasteiger partial charge in [-0.3, -0.25) is 4.99 Å². The topological polar surface area (TPSA) is 36.9 Å². The van der Waals surface area contributed by atoms with E-state index in [1.165, 1.54) is 6.07 Å². The predicted octanol–water partition coefficient (Wildman–Crippen LogP) is 2.49. The minimum Gasteiger partial charge on any atom is -0.380 e. The minimum atomic E-state index is -0.210. The Bertz CT molecular complexity index is 492. The fourth-order valence-electron chi connectivity index (χ4n) is 2.21. The Hall–Kier alpha value is -0.890. The monoisotopic (exact) mass is 407 g/mol. The van der Waals surface area contributed by atoms with Gasteiger partial charge in [-0.15, -0.1) is 24.0 Å². The molecular weight excluding hydrogens is 384 g/mol. The standard InChI is InChI=1S/C15H22FN3O.HI/c1-15(10-20-11-15)9-18-14(17-2)19(3)8-12-5-4-6-13(16)7-12;/h4-7H,8-11H2,1-3H3,(H,17,18);1H. The first kappa shape index (κ1) is 18.2. The number of hydrogen-bond donors (Lipinski definition) is 1. The van der Waals surface area contributed by atoms with Crippen LogP contribution in [0.15, 0.2) is 29.3 Å². The number of halogens is 2. The van der Waals surface area contributed by atoms with Crippen LogP contribution in [-0.2, 0) is 11.3 Å². The highest BCUT2D eigenvalue weighted by Crippen LogP contribution is 2.25. The van der Waals surface area contributed by atoms with Crippen LogP contribution in [0.2, 0.25) is 0 Å². The quantitative estimate of drug-likeness (QED) is 0.474. The van der Waals surface area contributed by atoms with Gasteiger partial charge in [0.25, 0.3) is 0 Å². The van der Waals surface area contributed by atoms with E-state index < -0.39 is 0 Å². The Balaban J connectivity index is 0.00000220. The van der Waals surface area contributed by atoms with Gasteiger partial charge in [0.05, 0.1) is 13.2 Å². The zero-order valence-electron chi connectivity index (χ0n) is 12.7. The first-order valence-corrected chi connectivity index (χ1v) is 6.76. The smallest absolute Gasteiger partial charge is 0.193 e. The molecule has 0 radical (unpaired) electrons. The summed E-state index contributed by atoms with van der Waals surface area (Å²) in [4.78, 5) is 6.25. The lowest BCUT2D eigenvalue weighted by atomic mass is 9.89. The van der Waals surface area contributed by atoms with Gasteiger partial charge < -0.3 is 15.0 Å². The van der Waals surface area contributed by atoms with Crippen LogP contribution in [-0.4, -0.2) is 44.7 Å². The third-order valence-corrected chi connectivity index (χ3v) is 3.46. The number of benzene rings is 1. The van der Waals surface area contributed by atoms with Gasteiger partial charge in [0, 0.05) is 32.6 Å². The van der Waals surface area contributed by atoms with Gasteiger partial charge in [-0.05, 0) is 17.7 Å². The maximum atomic E-state index is 13.2. The molecule has 0 atom stereocenters. The molecule has 1 aromatic carbocycles. The summed E-state index contributed by atoms with van der Waals surface area (Å²) in [6.45, 7) is 5.19. The van der Waals surface area contributed by atoms with Gasteiger partial charge in [-0.25, -0.2) is 4.39 Å². The van der Waals surface area contributed by atoms with Crippen molar-refractivity contribution in [3.8, 4) is 0 Å². The fraction of sp³-hybridized carbons (Fsp3) is 0.533. The Morgan fingerprint density at radius 2 is 2.19 bits per heavy atom. The van der Waals surface area contributed by atoms with E-state index >= 15 is 0 Å². The lowest BCUT2D eigenvalue weighted by Gasteiger charge is -2.39. The molecule has 1 aliphatic heterocycles. The molecule has 2 rings (SSSR count). The Morgan fingerprint density at radius 1 is 1.48 bits per heavy atom. The molecule has 118 valence electrons. The second-order valence-electron chi connectivity index (χ2n) is 5.69. The van der Waals surface area contributed by atoms with E-state index in [-0.39, 0.29) is 35.2 Å². The van der Waals surface area contributed by atoms with Crippen LogP contribution in [0.4, 0.5) is 4.39 Å². The van der Waals surface area contributed by atoms with Gasteiger partial charge in [0.15, 0.2) is 5.96 Å². The number of nitrogens with zero attached hydrogens (tertiary/aromatic N) is 2. The van der Waals surface area contributed by atoms with Crippen molar-refractivity contribution >= 4 is 29.9 Å². The first-order chi connectivity index (χ1) is 9.52. The van der Waals surface area contributed by atoms with Gasteiger partial charge in [0.1, 0.15) is 5.82 Å². The average Bonchev–Trinajstić information content (AvgIpc) is 2.37. The summed E-state index contributed by atoms with van der Waals surface area (Å²) >= 11 is 0. The zero-order chi connectivity index (χ0) is 14.6. The Labute approximate surface area is 142 Å². The maximum absolute atomic E-state index is 13.2. The molecule has 4 nitrogen and oxygen atoms in total. The first-order valence-electron chi connectivity index (χ1n) is 6.76. The van der Waals surface area contributed by atoms with E-state index in [1.54, 1.807) is 19.2 Å². The molecule has 1 fully saturated rings. The van der Waals surface area contributed by atoms with Crippen LogP contribution in [0.5, 0.6) is 0 Å². The third kappa shape index (κ3) is 5.10. The largest absolute Gasteiger partial charge is 0.380 e. The van der Waals surface area contributed by atoms with E-state index in [2.05, 4.69) is 17.2 Å². The summed E-state index contributed by atoms with van der Waals surface area (Å²) < 4.78 is 18.4. The Kier molecular flexibility index (Phi) is 6.86. The number of hydrogen-bond acceptors (Lipinski definition) is 2. The average molecular weight is 407 g/mol. The van der Waals surface area contributed by atoms with Crippen LogP contribution in [0, 0.1) is 11.2 Å². The molecule has 1 N–H and O–H groups in total. The molecular formula is C15H23FIN3O. The van der Waals surface area contributed by atoms with Crippen molar-refractivity contribution in [2.75, 3.05) is 33.9 Å². The van der Waals surface area contributed by atoms with Crippen LogP contribution in [0.1, 0.15) is 12.5 Å². The van der Waals surface area contributed by atoms with E-state index in [9.17, 15) is 4.39 Å². The van der Waals surface area contributed by atoms with Gasteiger partial charge in [-0.1, -0.05) is 19.1 Å². The molecule has 1 aromatic rings. The minimum absolute atomic E-state index is 0. The normalized spacial score (nSPS) is 16.7. The molecule has 0 unspecified atom stereocenters. The van der Waals surface area contributed by atoms with Crippen molar-refractivity contribution in [3.63, 3.8) is 0 Å². The number of ether oxygens (including phenoxy) is 1. The van der Waals surface area contributed by atoms with Crippen molar-refractivity contribution in [1.29, 1.82) is 0 Å². The summed E-state index contributed by atoms with van der Waals surface area (Å²) in [6, 6.07) is 6.63. The number of guanidine groups is 1. The molecule has 0 bridgehead atoms. The second kappa shape index (κ2) is 7.93. The van der Waals surface area contributed by atoms with E-state index in [0.29, 0.717) is 6.54 Å². The molecule has 21 heavy (non-hydrogen) atoms. The second-order valence-corrected chi connectivity index (χ2v) is 5.69. The highest BCUT2D eigenvalue weighted by molar-refractivity contribution is 14.0. The number of nitrogens with one attached hydrogen (secondary N) is 1. The van der Waals surface area contributed by atoms with E-state index in [0.717, 1.165) is 31.3 Å². The van der Waals surface area contributed by atoms with Crippen molar-refractivity contribution in [2.45, 2.75) is 13.5 Å². The molecule has 0 saturated carbocycles. The summed E-state index contributed by atoms with van der Waals surface area (Å²) in [7, 11) is 3.70. The zero-order valence-corrected chi connectivity index (χ0v) is 15.1.